The van der Waals surface area contributed by atoms with Crippen LogP contribution in [0.3, 0.4) is 0 Å². The highest BCUT2D eigenvalue weighted by Gasteiger charge is 2.12. The number of carbonyl (C=O) groups is 1. The van der Waals surface area contributed by atoms with Gasteiger partial charge in [0, 0.05) is 5.69 Å². The van der Waals surface area contributed by atoms with Crippen molar-refractivity contribution in [1.29, 1.82) is 5.26 Å². The van der Waals surface area contributed by atoms with Crippen LogP contribution in [0.1, 0.15) is 26.3 Å². The molecule has 0 heterocycles. The number of rotatable bonds is 7. The van der Waals surface area contributed by atoms with Crippen LogP contribution < -0.4 is 14.8 Å². The summed E-state index contributed by atoms with van der Waals surface area (Å²) in [5.74, 6) is 0.751. The lowest BCUT2D eigenvalue weighted by Gasteiger charge is -2.15. The van der Waals surface area contributed by atoms with Crippen LogP contribution in [-0.2, 0) is 4.79 Å². The number of nitrogens with zero attached hydrogens (tertiary/aromatic N) is 1. The molecule has 0 bridgehead atoms. The number of carbonyl (C=O) groups excluding carboxylic acids is 1. The van der Waals surface area contributed by atoms with E-state index in [1.54, 1.807) is 30.3 Å². The molecule has 2 aromatic carbocycles. The molecule has 0 aliphatic rings. The van der Waals surface area contributed by atoms with Crippen molar-refractivity contribution in [2.45, 2.75) is 26.9 Å². The van der Waals surface area contributed by atoms with Crippen molar-refractivity contribution in [3.63, 3.8) is 0 Å². The van der Waals surface area contributed by atoms with Crippen LogP contribution >= 0.6 is 0 Å². The fourth-order valence-corrected chi connectivity index (χ4v) is 2.27. The summed E-state index contributed by atoms with van der Waals surface area (Å²) in [6.45, 7) is 6.24. The maximum Gasteiger partial charge on any atom is 0.266 e. The highest BCUT2D eigenvalue weighted by molar-refractivity contribution is 6.09. The summed E-state index contributed by atoms with van der Waals surface area (Å²) in [6, 6.07) is 16.3. The lowest BCUT2D eigenvalue weighted by molar-refractivity contribution is -0.112. The molecule has 134 valence electrons. The van der Waals surface area contributed by atoms with Crippen molar-refractivity contribution in [2.24, 2.45) is 0 Å². The van der Waals surface area contributed by atoms with Crippen LogP contribution in [-0.4, -0.2) is 18.6 Å². The first-order chi connectivity index (χ1) is 12.5. The van der Waals surface area contributed by atoms with E-state index >= 15 is 0 Å². The summed E-state index contributed by atoms with van der Waals surface area (Å²) < 4.78 is 11.3. The average molecular weight is 350 g/mol. The van der Waals surface area contributed by atoms with Crippen molar-refractivity contribution in [1.82, 2.24) is 0 Å². The van der Waals surface area contributed by atoms with Gasteiger partial charge in [0.05, 0.1) is 12.7 Å². The molecule has 2 aromatic rings. The second-order valence-corrected chi connectivity index (χ2v) is 5.80. The third-order valence-electron chi connectivity index (χ3n) is 3.34. The second kappa shape index (κ2) is 9.28. The zero-order valence-corrected chi connectivity index (χ0v) is 15.2. The summed E-state index contributed by atoms with van der Waals surface area (Å²) >= 11 is 0. The first kappa shape index (κ1) is 19.1. The molecule has 2 rings (SSSR count). The van der Waals surface area contributed by atoms with Gasteiger partial charge in [-0.15, -0.1) is 0 Å². The number of ether oxygens (including phenoxy) is 2. The molecule has 5 nitrogen and oxygen atoms in total. The molecular weight excluding hydrogens is 328 g/mol. The van der Waals surface area contributed by atoms with Gasteiger partial charge in [0.1, 0.15) is 11.6 Å². The van der Waals surface area contributed by atoms with Gasteiger partial charge < -0.3 is 14.8 Å². The molecule has 0 spiro atoms. The lowest BCUT2D eigenvalue weighted by atomic mass is 10.1. The summed E-state index contributed by atoms with van der Waals surface area (Å²) in [5, 5.41) is 12.1. The van der Waals surface area contributed by atoms with Crippen LogP contribution in [0, 0.1) is 11.3 Å². The van der Waals surface area contributed by atoms with Crippen LogP contribution in [0.2, 0.25) is 0 Å². The molecule has 26 heavy (non-hydrogen) atoms. The minimum absolute atomic E-state index is 0.00818. The van der Waals surface area contributed by atoms with E-state index in [1.165, 1.54) is 6.08 Å². The molecule has 0 saturated carbocycles. The Morgan fingerprint density at radius 1 is 1.19 bits per heavy atom. The van der Waals surface area contributed by atoms with E-state index in [2.05, 4.69) is 5.32 Å². The highest BCUT2D eigenvalue weighted by atomic mass is 16.5. The number of anilines is 1. The molecule has 1 N–H and O–H groups in total. The third kappa shape index (κ3) is 5.38. The first-order valence-corrected chi connectivity index (χ1v) is 8.45. The maximum atomic E-state index is 12.3. The van der Waals surface area contributed by atoms with Crippen LogP contribution in [0.5, 0.6) is 11.5 Å². The molecule has 5 heteroatoms. The minimum atomic E-state index is -0.459. The molecule has 0 aliphatic carbocycles. The number of amides is 1. The number of nitriles is 1. The highest BCUT2D eigenvalue weighted by Crippen LogP contribution is 2.30. The summed E-state index contributed by atoms with van der Waals surface area (Å²) in [6.07, 6.45) is 1.54. The number of nitrogens with one attached hydrogen (secondary N) is 1. The van der Waals surface area contributed by atoms with Gasteiger partial charge in [0.25, 0.3) is 5.91 Å². The van der Waals surface area contributed by atoms with Gasteiger partial charge in [-0.3, -0.25) is 4.79 Å². The molecular formula is C21H22N2O3. The molecule has 0 saturated heterocycles. The van der Waals surface area contributed by atoms with E-state index in [1.807, 2.05) is 45.0 Å². The zero-order valence-electron chi connectivity index (χ0n) is 15.2. The molecule has 0 fully saturated rings. The smallest absolute Gasteiger partial charge is 0.266 e. The third-order valence-corrected chi connectivity index (χ3v) is 3.34. The quantitative estimate of drug-likeness (QED) is 0.593. The SMILES string of the molecule is CCOc1cc(/C=C(\C#N)C(=O)Nc2ccccc2)ccc1OC(C)C. The molecule has 0 atom stereocenters. The number of benzene rings is 2. The predicted octanol–water partition coefficient (Wildman–Crippen LogP) is 4.42. The first-order valence-electron chi connectivity index (χ1n) is 8.45. The van der Waals surface area contributed by atoms with Crippen molar-refractivity contribution >= 4 is 17.7 Å². The Kier molecular flexibility index (Phi) is 6.81. The van der Waals surface area contributed by atoms with Crippen LogP contribution in [0.25, 0.3) is 6.08 Å². The fourth-order valence-electron chi connectivity index (χ4n) is 2.27. The number of para-hydroxylation sites is 1. The van der Waals surface area contributed by atoms with Gasteiger partial charge in [-0.05, 0) is 56.7 Å². The number of hydrogen-bond donors (Lipinski definition) is 1. The minimum Gasteiger partial charge on any atom is -0.490 e. The molecule has 0 aliphatic heterocycles. The zero-order chi connectivity index (χ0) is 18.9. The van der Waals surface area contributed by atoms with E-state index in [-0.39, 0.29) is 11.7 Å². The van der Waals surface area contributed by atoms with Crippen LogP contribution in [0.15, 0.2) is 54.1 Å². The van der Waals surface area contributed by atoms with E-state index in [0.29, 0.717) is 29.4 Å². The topological polar surface area (TPSA) is 71.3 Å². The van der Waals surface area contributed by atoms with Gasteiger partial charge in [0.2, 0.25) is 0 Å². The van der Waals surface area contributed by atoms with E-state index < -0.39 is 5.91 Å². The van der Waals surface area contributed by atoms with Gasteiger partial charge in [-0.1, -0.05) is 24.3 Å². The monoisotopic (exact) mass is 350 g/mol. The Bertz CT molecular complexity index is 821. The largest absolute Gasteiger partial charge is 0.490 e. The van der Waals surface area contributed by atoms with E-state index in [4.69, 9.17) is 9.47 Å². The van der Waals surface area contributed by atoms with Crippen molar-refractivity contribution < 1.29 is 14.3 Å². The van der Waals surface area contributed by atoms with Gasteiger partial charge >= 0.3 is 0 Å². The van der Waals surface area contributed by atoms with Gasteiger partial charge in [0.15, 0.2) is 11.5 Å². The van der Waals surface area contributed by atoms with Crippen molar-refractivity contribution in [2.75, 3.05) is 11.9 Å². The maximum absolute atomic E-state index is 12.3. The Labute approximate surface area is 153 Å². The van der Waals surface area contributed by atoms with E-state index in [0.717, 1.165) is 0 Å². The van der Waals surface area contributed by atoms with Gasteiger partial charge in [-0.2, -0.15) is 5.26 Å². The standard InChI is InChI=1S/C21H22N2O3/c1-4-25-20-13-16(10-11-19(20)26-15(2)3)12-17(14-22)21(24)23-18-8-6-5-7-9-18/h5-13,15H,4H2,1-3H3,(H,23,24)/b17-12+. The van der Waals surface area contributed by atoms with Crippen molar-refractivity contribution in [3.05, 3.63) is 59.7 Å². The summed E-state index contributed by atoms with van der Waals surface area (Å²) in [4.78, 5) is 12.3. The Morgan fingerprint density at radius 3 is 2.54 bits per heavy atom. The second-order valence-electron chi connectivity index (χ2n) is 5.80. The van der Waals surface area contributed by atoms with E-state index in [9.17, 15) is 10.1 Å². The molecule has 1 amide bonds. The number of hydrogen-bond acceptors (Lipinski definition) is 4. The lowest BCUT2D eigenvalue weighted by Crippen LogP contribution is -2.13. The summed E-state index contributed by atoms with van der Waals surface area (Å²) in [7, 11) is 0. The van der Waals surface area contributed by atoms with Crippen LogP contribution in [0.4, 0.5) is 5.69 Å². The molecule has 0 aromatic heterocycles. The Hall–Kier alpha value is -3.26. The Morgan fingerprint density at radius 2 is 1.92 bits per heavy atom. The predicted molar refractivity (Wildman–Crippen MR) is 102 cm³/mol. The van der Waals surface area contributed by atoms with Crippen molar-refractivity contribution in [3.8, 4) is 17.6 Å². The molecule has 0 radical (unpaired) electrons. The van der Waals surface area contributed by atoms with Gasteiger partial charge in [-0.25, -0.2) is 0 Å². The average Bonchev–Trinajstić information content (AvgIpc) is 2.62. The summed E-state index contributed by atoms with van der Waals surface area (Å²) in [5.41, 5.74) is 1.33. The molecule has 0 unspecified atom stereocenters. The fraction of sp³-hybridized carbons (Fsp3) is 0.238. The normalized spacial score (nSPS) is 11.0. The Balaban J connectivity index is 2.26.